The number of hydrogen-bond acceptors (Lipinski definition) is 5. The molecule has 0 saturated carbocycles. The molecule has 7 heteroatoms. The average Bonchev–Trinajstić information content (AvgIpc) is 3.27. The van der Waals surface area contributed by atoms with Crippen LogP contribution in [0.1, 0.15) is 23.2 Å². The van der Waals surface area contributed by atoms with Crippen LogP contribution < -0.4 is 0 Å². The molecule has 0 N–H and O–H groups in total. The standard InChI is InChI=1S/C19H15Cl2NO4/c20-13-6-12(7-14(21)9-13)18-22-16-4-3-11(8-17(16)26-18)19(23)25-10-15-2-1-5-24-15/h3-4,6-9,15H,1-2,5,10H2. The van der Waals surface area contributed by atoms with Gasteiger partial charge in [-0.2, -0.15) is 0 Å². The average molecular weight is 392 g/mol. The number of carbonyl (C=O) groups excluding carboxylic acids is 1. The van der Waals surface area contributed by atoms with Gasteiger partial charge in [0.05, 0.1) is 11.7 Å². The van der Waals surface area contributed by atoms with Crippen LogP contribution in [0.2, 0.25) is 10.0 Å². The molecule has 1 fully saturated rings. The first-order valence-electron chi connectivity index (χ1n) is 8.24. The van der Waals surface area contributed by atoms with Crippen LogP contribution >= 0.6 is 23.2 Å². The van der Waals surface area contributed by atoms with Crippen LogP contribution in [0.25, 0.3) is 22.6 Å². The predicted octanol–water partition coefficient (Wildman–Crippen LogP) is 5.14. The molecule has 4 rings (SSSR count). The molecule has 0 radical (unpaired) electrons. The van der Waals surface area contributed by atoms with E-state index in [2.05, 4.69) is 4.98 Å². The lowest BCUT2D eigenvalue weighted by molar-refractivity contribution is 0.0161. The lowest BCUT2D eigenvalue weighted by Gasteiger charge is -2.09. The largest absolute Gasteiger partial charge is 0.459 e. The monoisotopic (exact) mass is 391 g/mol. The smallest absolute Gasteiger partial charge is 0.338 e. The molecule has 1 aliphatic heterocycles. The van der Waals surface area contributed by atoms with E-state index in [0.717, 1.165) is 19.4 Å². The van der Waals surface area contributed by atoms with Crippen molar-refractivity contribution in [1.82, 2.24) is 4.98 Å². The van der Waals surface area contributed by atoms with Gasteiger partial charge >= 0.3 is 5.97 Å². The third-order valence-corrected chi connectivity index (χ3v) is 4.59. The minimum atomic E-state index is -0.411. The normalized spacial score (nSPS) is 16.9. The molecule has 1 atom stereocenters. The minimum absolute atomic E-state index is 0.00728. The van der Waals surface area contributed by atoms with Crippen LogP contribution in [-0.4, -0.2) is 30.3 Å². The molecule has 134 valence electrons. The zero-order valence-corrected chi connectivity index (χ0v) is 15.2. The van der Waals surface area contributed by atoms with Crippen molar-refractivity contribution in [2.75, 3.05) is 13.2 Å². The molecule has 2 aromatic carbocycles. The fourth-order valence-corrected chi connectivity index (χ4v) is 3.41. The second-order valence-electron chi connectivity index (χ2n) is 6.09. The van der Waals surface area contributed by atoms with Gasteiger partial charge in [0.1, 0.15) is 12.1 Å². The number of benzene rings is 2. The summed E-state index contributed by atoms with van der Waals surface area (Å²) in [5, 5.41) is 0.987. The number of fused-ring (bicyclic) bond motifs is 1. The molecular formula is C19H15Cl2NO4. The Balaban J connectivity index is 1.56. The Hall–Kier alpha value is -2.08. The SMILES string of the molecule is O=C(OCC1CCCO1)c1ccc2nc(-c3cc(Cl)cc(Cl)c3)oc2c1. The molecular weight excluding hydrogens is 377 g/mol. The number of oxazole rings is 1. The third-order valence-electron chi connectivity index (χ3n) is 4.16. The van der Waals surface area contributed by atoms with Gasteiger partial charge in [0.2, 0.25) is 5.89 Å². The number of esters is 1. The fourth-order valence-electron chi connectivity index (χ4n) is 2.88. The van der Waals surface area contributed by atoms with E-state index in [9.17, 15) is 4.79 Å². The number of aromatic nitrogens is 1. The first kappa shape index (κ1) is 17.3. The van der Waals surface area contributed by atoms with Crippen molar-refractivity contribution >= 4 is 40.3 Å². The van der Waals surface area contributed by atoms with Crippen molar-refractivity contribution in [3.8, 4) is 11.5 Å². The lowest BCUT2D eigenvalue weighted by Crippen LogP contribution is -2.17. The van der Waals surface area contributed by atoms with E-state index in [-0.39, 0.29) is 12.7 Å². The Morgan fingerprint density at radius 2 is 2.00 bits per heavy atom. The van der Waals surface area contributed by atoms with Crippen molar-refractivity contribution in [2.45, 2.75) is 18.9 Å². The summed E-state index contributed by atoms with van der Waals surface area (Å²) in [4.78, 5) is 16.7. The Morgan fingerprint density at radius 1 is 1.19 bits per heavy atom. The highest BCUT2D eigenvalue weighted by atomic mass is 35.5. The lowest BCUT2D eigenvalue weighted by atomic mass is 10.2. The molecule has 0 aliphatic carbocycles. The Labute approximate surface area is 159 Å². The highest BCUT2D eigenvalue weighted by Crippen LogP contribution is 2.29. The van der Waals surface area contributed by atoms with E-state index >= 15 is 0 Å². The fraction of sp³-hybridized carbons (Fsp3) is 0.263. The highest BCUT2D eigenvalue weighted by molar-refractivity contribution is 6.35. The van der Waals surface area contributed by atoms with E-state index in [4.69, 9.17) is 37.1 Å². The summed E-state index contributed by atoms with van der Waals surface area (Å²) >= 11 is 12.1. The first-order valence-corrected chi connectivity index (χ1v) is 9.00. The Morgan fingerprint density at radius 3 is 2.73 bits per heavy atom. The number of hydrogen-bond donors (Lipinski definition) is 0. The maximum Gasteiger partial charge on any atom is 0.338 e. The molecule has 0 amide bonds. The van der Waals surface area contributed by atoms with Crippen molar-refractivity contribution in [1.29, 1.82) is 0 Å². The van der Waals surface area contributed by atoms with Gasteiger partial charge in [0, 0.05) is 22.2 Å². The van der Waals surface area contributed by atoms with Gasteiger partial charge in [-0.1, -0.05) is 23.2 Å². The first-order chi connectivity index (χ1) is 12.6. The van der Waals surface area contributed by atoms with Crippen molar-refractivity contribution in [2.24, 2.45) is 0 Å². The van der Waals surface area contributed by atoms with Crippen molar-refractivity contribution < 1.29 is 18.7 Å². The van der Waals surface area contributed by atoms with Crippen LogP contribution in [0.15, 0.2) is 40.8 Å². The Bertz CT molecular complexity index is 943. The zero-order valence-electron chi connectivity index (χ0n) is 13.7. The van der Waals surface area contributed by atoms with Crippen LogP contribution in [0.4, 0.5) is 0 Å². The van der Waals surface area contributed by atoms with E-state index in [1.165, 1.54) is 0 Å². The van der Waals surface area contributed by atoms with Crippen LogP contribution in [0.3, 0.4) is 0 Å². The molecule has 0 bridgehead atoms. The molecule has 1 aromatic heterocycles. The van der Waals surface area contributed by atoms with Gasteiger partial charge in [0.15, 0.2) is 5.58 Å². The summed E-state index contributed by atoms with van der Waals surface area (Å²) in [6.45, 7) is 0.988. The summed E-state index contributed by atoms with van der Waals surface area (Å²) in [6, 6.07) is 10.1. The quantitative estimate of drug-likeness (QED) is 0.576. The number of rotatable bonds is 4. The summed E-state index contributed by atoms with van der Waals surface area (Å²) in [7, 11) is 0. The number of halogens is 2. The van der Waals surface area contributed by atoms with Gasteiger partial charge in [-0.25, -0.2) is 9.78 Å². The molecule has 3 aromatic rings. The molecule has 1 aliphatic rings. The van der Waals surface area contributed by atoms with Gasteiger partial charge in [-0.3, -0.25) is 0 Å². The van der Waals surface area contributed by atoms with Crippen LogP contribution in [-0.2, 0) is 9.47 Å². The summed E-state index contributed by atoms with van der Waals surface area (Å²) in [5.74, 6) is -0.0274. The number of ether oxygens (including phenoxy) is 2. The summed E-state index contributed by atoms with van der Waals surface area (Å²) in [6.07, 6.45) is 1.91. The van der Waals surface area contributed by atoms with E-state index < -0.39 is 5.97 Å². The maximum absolute atomic E-state index is 12.2. The van der Waals surface area contributed by atoms with E-state index in [0.29, 0.717) is 38.2 Å². The topological polar surface area (TPSA) is 61.6 Å². The molecule has 1 saturated heterocycles. The highest BCUT2D eigenvalue weighted by Gasteiger charge is 2.19. The second kappa shape index (κ2) is 7.27. The molecule has 5 nitrogen and oxygen atoms in total. The van der Waals surface area contributed by atoms with Crippen LogP contribution in [0.5, 0.6) is 0 Å². The van der Waals surface area contributed by atoms with Gasteiger partial charge < -0.3 is 13.9 Å². The summed E-state index contributed by atoms with van der Waals surface area (Å²) < 4.78 is 16.5. The summed E-state index contributed by atoms with van der Waals surface area (Å²) in [5.41, 5.74) is 2.19. The number of carbonyl (C=O) groups is 1. The molecule has 1 unspecified atom stereocenters. The third kappa shape index (κ3) is 3.70. The van der Waals surface area contributed by atoms with E-state index in [1.54, 1.807) is 36.4 Å². The maximum atomic E-state index is 12.2. The van der Waals surface area contributed by atoms with Crippen molar-refractivity contribution in [3.05, 3.63) is 52.0 Å². The molecule has 0 spiro atoms. The minimum Gasteiger partial charge on any atom is -0.459 e. The number of nitrogens with zero attached hydrogens (tertiary/aromatic N) is 1. The Kier molecular flexibility index (Phi) is 4.85. The molecule has 2 heterocycles. The van der Waals surface area contributed by atoms with E-state index in [1.807, 2.05) is 0 Å². The van der Waals surface area contributed by atoms with Gasteiger partial charge in [-0.15, -0.1) is 0 Å². The van der Waals surface area contributed by atoms with Crippen LogP contribution in [0, 0.1) is 0 Å². The second-order valence-corrected chi connectivity index (χ2v) is 6.97. The van der Waals surface area contributed by atoms with Gasteiger partial charge in [-0.05, 0) is 49.2 Å². The zero-order chi connectivity index (χ0) is 18.1. The predicted molar refractivity (Wildman–Crippen MR) is 98.7 cm³/mol. The van der Waals surface area contributed by atoms with Crippen molar-refractivity contribution in [3.63, 3.8) is 0 Å². The molecule has 26 heavy (non-hydrogen) atoms. The van der Waals surface area contributed by atoms with Gasteiger partial charge in [0.25, 0.3) is 0 Å².